The molecule has 128 valence electrons. The SMILES string of the molecule is CC(=C(/N)C(C)C)/C(C)=C(\N)NCc1ccc(C(F)(F)F)cc1. The normalized spacial score (nSPS) is 14.4. The van der Waals surface area contributed by atoms with Crippen LogP contribution < -0.4 is 16.8 Å². The standard InChI is InChI=1S/C17H24F3N3/c1-10(2)15(21)11(3)12(4)16(22)23-9-13-5-7-14(8-6-13)17(18,19)20/h5-8,10,23H,9,21-22H2,1-4H3/b15-11-,16-12+. The highest BCUT2D eigenvalue weighted by Gasteiger charge is 2.29. The first-order chi connectivity index (χ1) is 10.5. The van der Waals surface area contributed by atoms with Crippen LogP contribution in [0, 0.1) is 5.92 Å². The van der Waals surface area contributed by atoms with Crippen LogP contribution in [0.25, 0.3) is 0 Å². The van der Waals surface area contributed by atoms with Gasteiger partial charge >= 0.3 is 6.18 Å². The number of benzene rings is 1. The Hall–Kier alpha value is -2.11. The summed E-state index contributed by atoms with van der Waals surface area (Å²) in [6, 6.07) is 4.99. The Kier molecular flexibility index (Phi) is 6.12. The summed E-state index contributed by atoms with van der Waals surface area (Å²) in [7, 11) is 0. The van der Waals surface area contributed by atoms with Gasteiger partial charge in [-0.2, -0.15) is 13.2 Å². The summed E-state index contributed by atoms with van der Waals surface area (Å²) in [6.45, 7) is 8.10. The molecule has 1 aromatic rings. The van der Waals surface area contributed by atoms with Crippen molar-refractivity contribution in [2.24, 2.45) is 17.4 Å². The fraction of sp³-hybridized carbons (Fsp3) is 0.412. The fourth-order valence-corrected chi connectivity index (χ4v) is 1.99. The highest BCUT2D eigenvalue weighted by atomic mass is 19.4. The largest absolute Gasteiger partial charge is 0.416 e. The topological polar surface area (TPSA) is 64.1 Å². The van der Waals surface area contributed by atoms with Gasteiger partial charge in [0.05, 0.1) is 11.4 Å². The molecule has 5 N–H and O–H groups in total. The summed E-state index contributed by atoms with van der Waals surface area (Å²) in [5, 5.41) is 3.02. The van der Waals surface area contributed by atoms with Crippen LogP contribution in [0.3, 0.4) is 0 Å². The van der Waals surface area contributed by atoms with Gasteiger partial charge in [0.2, 0.25) is 0 Å². The van der Waals surface area contributed by atoms with Gasteiger partial charge in [-0.25, -0.2) is 0 Å². The Morgan fingerprint density at radius 1 is 1.04 bits per heavy atom. The van der Waals surface area contributed by atoms with Crippen molar-refractivity contribution in [3.8, 4) is 0 Å². The first-order valence-electron chi connectivity index (χ1n) is 7.37. The average Bonchev–Trinajstić information content (AvgIpc) is 2.49. The van der Waals surface area contributed by atoms with E-state index >= 15 is 0 Å². The Balaban J connectivity index is 2.81. The number of hydrogen-bond acceptors (Lipinski definition) is 3. The van der Waals surface area contributed by atoms with Gasteiger partial charge in [-0.05, 0) is 48.6 Å². The number of nitrogens with two attached hydrogens (primary N) is 2. The first kappa shape index (κ1) is 18.9. The monoisotopic (exact) mass is 327 g/mol. The van der Waals surface area contributed by atoms with E-state index in [1.807, 2.05) is 27.7 Å². The third kappa shape index (κ3) is 5.23. The minimum atomic E-state index is -4.32. The van der Waals surface area contributed by atoms with Crippen LogP contribution in [-0.4, -0.2) is 0 Å². The Labute approximate surface area is 135 Å². The van der Waals surface area contributed by atoms with E-state index in [2.05, 4.69) is 5.32 Å². The van der Waals surface area contributed by atoms with Crippen LogP contribution in [0.5, 0.6) is 0 Å². The van der Waals surface area contributed by atoms with Crippen LogP contribution in [-0.2, 0) is 12.7 Å². The summed E-state index contributed by atoms with van der Waals surface area (Å²) in [5.74, 6) is 0.679. The molecule has 0 unspecified atom stereocenters. The van der Waals surface area contributed by atoms with Gasteiger partial charge in [-0.1, -0.05) is 26.0 Å². The maximum Gasteiger partial charge on any atom is 0.416 e. The Morgan fingerprint density at radius 2 is 1.57 bits per heavy atom. The van der Waals surface area contributed by atoms with Crippen LogP contribution in [0.15, 0.2) is 46.9 Å². The second-order valence-corrected chi connectivity index (χ2v) is 5.82. The molecule has 0 aliphatic heterocycles. The number of hydrogen-bond donors (Lipinski definition) is 3. The van der Waals surface area contributed by atoms with Gasteiger partial charge in [0.1, 0.15) is 0 Å². The molecule has 0 aliphatic carbocycles. The maximum absolute atomic E-state index is 12.5. The van der Waals surface area contributed by atoms with Gasteiger partial charge in [-0.3, -0.25) is 0 Å². The number of alkyl halides is 3. The quantitative estimate of drug-likeness (QED) is 0.719. The molecule has 1 aromatic carbocycles. The van der Waals surface area contributed by atoms with Crippen molar-refractivity contribution in [1.29, 1.82) is 0 Å². The van der Waals surface area contributed by atoms with Crippen molar-refractivity contribution in [3.05, 3.63) is 58.1 Å². The van der Waals surface area contributed by atoms with Crippen molar-refractivity contribution in [2.75, 3.05) is 0 Å². The van der Waals surface area contributed by atoms with Gasteiger partial charge in [0.15, 0.2) is 0 Å². The number of rotatable bonds is 5. The zero-order valence-corrected chi connectivity index (χ0v) is 13.9. The molecule has 0 saturated heterocycles. The first-order valence-corrected chi connectivity index (χ1v) is 7.37. The lowest BCUT2D eigenvalue weighted by Gasteiger charge is -2.15. The van der Waals surface area contributed by atoms with E-state index in [1.165, 1.54) is 12.1 Å². The van der Waals surface area contributed by atoms with E-state index in [9.17, 15) is 13.2 Å². The summed E-state index contributed by atoms with van der Waals surface area (Å²) in [6.07, 6.45) is -4.32. The van der Waals surface area contributed by atoms with E-state index < -0.39 is 11.7 Å². The lowest BCUT2D eigenvalue weighted by atomic mass is 10.0. The lowest BCUT2D eigenvalue weighted by molar-refractivity contribution is -0.137. The molecule has 0 heterocycles. The molecule has 0 atom stereocenters. The highest BCUT2D eigenvalue weighted by molar-refractivity contribution is 5.34. The molecule has 0 radical (unpaired) electrons. The third-order valence-corrected chi connectivity index (χ3v) is 3.79. The zero-order valence-electron chi connectivity index (χ0n) is 13.9. The molecule has 3 nitrogen and oxygen atoms in total. The summed E-state index contributed by atoms with van der Waals surface area (Å²) in [4.78, 5) is 0. The summed E-state index contributed by atoms with van der Waals surface area (Å²) >= 11 is 0. The lowest BCUT2D eigenvalue weighted by Crippen LogP contribution is -2.22. The molecule has 0 amide bonds. The molecular formula is C17H24F3N3. The van der Waals surface area contributed by atoms with E-state index in [0.717, 1.165) is 29.0 Å². The smallest absolute Gasteiger partial charge is 0.402 e. The van der Waals surface area contributed by atoms with Gasteiger partial charge < -0.3 is 16.8 Å². The van der Waals surface area contributed by atoms with Crippen LogP contribution in [0.2, 0.25) is 0 Å². The van der Waals surface area contributed by atoms with E-state index in [-0.39, 0.29) is 5.92 Å². The molecule has 0 aromatic heterocycles. The van der Waals surface area contributed by atoms with E-state index in [1.54, 1.807) is 0 Å². The Bertz CT molecular complexity index is 597. The second-order valence-electron chi connectivity index (χ2n) is 5.82. The molecule has 6 heteroatoms. The number of halogens is 3. The molecule has 0 bridgehead atoms. The Morgan fingerprint density at radius 3 is 2.00 bits per heavy atom. The molecule has 0 fully saturated rings. The predicted octanol–water partition coefficient (Wildman–Crippen LogP) is 3.87. The molecule has 0 spiro atoms. The van der Waals surface area contributed by atoms with Crippen LogP contribution >= 0.6 is 0 Å². The van der Waals surface area contributed by atoms with E-state index in [0.29, 0.717) is 17.9 Å². The minimum Gasteiger partial charge on any atom is -0.402 e. The molecule has 1 rings (SSSR count). The molecular weight excluding hydrogens is 303 g/mol. The van der Waals surface area contributed by atoms with Gasteiger partial charge in [0, 0.05) is 12.2 Å². The van der Waals surface area contributed by atoms with Crippen molar-refractivity contribution in [1.82, 2.24) is 5.32 Å². The summed E-state index contributed by atoms with van der Waals surface area (Å²) < 4.78 is 37.5. The fourth-order valence-electron chi connectivity index (χ4n) is 1.99. The minimum absolute atomic E-state index is 0.215. The third-order valence-electron chi connectivity index (χ3n) is 3.79. The predicted molar refractivity (Wildman–Crippen MR) is 86.9 cm³/mol. The van der Waals surface area contributed by atoms with Crippen molar-refractivity contribution in [2.45, 2.75) is 40.4 Å². The molecule has 0 aliphatic rings. The van der Waals surface area contributed by atoms with Crippen molar-refractivity contribution in [3.63, 3.8) is 0 Å². The highest BCUT2D eigenvalue weighted by Crippen LogP contribution is 2.29. The number of nitrogens with one attached hydrogen (secondary N) is 1. The van der Waals surface area contributed by atoms with Crippen molar-refractivity contribution < 1.29 is 13.2 Å². The van der Waals surface area contributed by atoms with Crippen LogP contribution in [0.4, 0.5) is 13.2 Å². The maximum atomic E-state index is 12.5. The summed E-state index contributed by atoms with van der Waals surface area (Å²) in [5.41, 5.74) is 14.6. The molecule has 23 heavy (non-hydrogen) atoms. The van der Waals surface area contributed by atoms with E-state index in [4.69, 9.17) is 11.5 Å². The zero-order chi connectivity index (χ0) is 17.8. The number of allylic oxidation sites excluding steroid dienone is 3. The average molecular weight is 327 g/mol. The van der Waals surface area contributed by atoms with Crippen molar-refractivity contribution >= 4 is 0 Å². The van der Waals surface area contributed by atoms with Crippen LogP contribution in [0.1, 0.15) is 38.8 Å². The van der Waals surface area contributed by atoms with Gasteiger partial charge in [-0.15, -0.1) is 0 Å². The molecule has 0 saturated carbocycles. The second kappa shape index (κ2) is 7.44. The van der Waals surface area contributed by atoms with Gasteiger partial charge in [0.25, 0.3) is 0 Å².